The van der Waals surface area contributed by atoms with Gasteiger partial charge in [-0.25, -0.2) is 0 Å². The highest BCUT2D eigenvalue weighted by molar-refractivity contribution is 5.92. The van der Waals surface area contributed by atoms with Crippen LogP contribution in [0.4, 0.5) is 11.4 Å². The van der Waals surface area contributed by atoms with Crippen molar-refractivity contribution in [2.45, 2.75) is 26.2 Å². The molecule has 0 bridgehead atoms. The van der Waals surface area contributed by atoms with Crippen LogP contribution < -0.4 is 11.1 Å². The van der Waals surface area contributed by atoms with Gasteiger partial charge in [0, 0.05) is 6.92 Å². The van der Waals surface area contributed by atoms with E-state index in [0.29, 0.717) is 5.69 Å². The van der Waals surface area contributed by atoms with Crippen molar-refractivity contribution in [2.75, 3.05) is 11.1 Å². The molecule has 1 amide bonds. The van der Waals surface area contributed by atoms with Gasteiger partial charge in [-0.1, -0.05) is 0 Å². The Hall–Kier alpha value is -1.51. The SMILES string of the molecule is CC(=O)Nc1cc2c(cc1N)CCC2. The van der Waals surface area contributed by atoms with E-state index in [-0.39, 0.29) is 5.91 Å². The molecule has 0 aromatic heterocycles. The topological polar surface area (TPSA) is 55.1 Å². The molecule has 0 unspecified atom stereocenters. The summed E-state index contributed by atoms with van der Waals surface area (Å²) >= 11 is 0. The standard InChI is InChI=1S/C11H14N2O/c1-7(14)13-11-6-9-4-2-3-8(9)5-10(11)12/h5-6H,2-4,12H2,1H3,(H,13,14). The van der Waals surface area contributed by atoms with Gasteiger partial charge in [0.05, 0.1) is 11.4 Å². The second-order valence-corrected chi connectivity index (χ2v) is 3.74. The van der Waals surface area contributed by atoms with Crippen molar-refractivity contribution in [3.05, 3.63) is 23.3 Å². The molecular formula is C11H14N2O. The molecule has 3 heteroatoms. The molecule has 0 saturated carbocycles. The van der Waals surface area contributed by atoms with E-state index >= 15 is 0 Å². The Morgan fingerprint density at radius 3 is 2.64 bits per heavy atom. The Morgan fingerprint density at radius 1 is 1.36 bits per heavy atom. The molecule has 0 saturated heterocycles. The molecule has 0 spiro atoms. The zero-order valence-corrected chi connectivity index (χ0v) is 8.26. The first-order valence-electron chi connectivity index (χ1n) is 4.85. The number of carbonyl (C=O) groups excluding carboxylic acids is 1. The number of anilines is 2. The predicted molar refractivity (Wildman–Crippen MR) is 57.2 cm³/mol. The van der Waals surface area contributed by atoms with Crippen molar-refractivity contribution in [3.63, 3.8) is 0 Å². The minimum absolute atomic E-state index is 0.0744. The first-order valence-corrected chi connectivity index (χ1v) is 4.85. The number of hydrogen-bond acceptors (Lipinski definition) is 2. The summed E-state index contributed by atoms with van der Waals surface area (Å²) in [6, 6.07) is 3.98. The van der Waals surface area contributed by atoms with Gasteiger partial charge >= 0.3 is 0 Å². The molecule has 14 heavy (non-hydrogen) atoms. The first kappa shape index (κ1) is 9.06. The predicted octanol–water partition coefficient (Wildman–Crippen LogP) is 1.72. The fourth-order valence-corrected chi connectivity index (χ4v) is 1.94. The van der Waals surface area contributed by atoms with Crippen LogP contribution in [0.2, 0.25) is 0 Å². The van der Waals surface area contributed by atoms with Crippen molar-refractivity contribution in [2.24, 2.45) is 0 Å². The van der Waals surface area contributed by atoms with Crippen LogP contribution in [-0.4, -0.2) is 5.91 Å². The summed E-state index contributed by atoms with van der Waals surface area (Å²) in [6.45, 7) is 1.49. The molecule has 3 N–H and O–H groups in total. The van der Waals surface area contributed by atoms with Crippen LogP contribution in [0.3, 0.4) is 0 Å². The summed E-state index contributed by atoms with van der Waals surface area (Å²) in [5, 5.41) is 2.74. The van der Waals surface area contributed by atoms with E-state index in [1.807, 2.05) is 12.1 Å². The lowest BCUT2D eigenvalue weighted by atomic mass is 10.1. The highest BCUT2D eigenvalue weighted by Crippen LogP contribution is 2.29. The Morgan fingerprint density at radius 2 is 2.00 bits per heavy atom. The molecule has 3 nitrogen and oxygen atoms in total. The number of hydrogen-bond donors (Lipinski definition) is 2. The summed E-state index contributed by atoms with van der Waals surface area (Å²) in [5.41, 5.74) is 9.90. The van der Waals surface area contributed by atoms with Crippen LogP contribution in [0.25, 0.3) is 0 Å². The lowest BCUT2D eigenvalue weighted by Crippen LogP contribution is -2.08. The van der Waals surface area contributed by atoms with Crippen LogP contribution >= 0.6 is 0 Å². The van der Waals surface area contributed by atoms with Gasteiger partial charge in [0.25, 0.3) is 0 Å². The molecule has 2 rings (SSSR count). The smallest absolute Gasteiger partial charge is 0.221 e. The third-order valence-electron chi connectivity index (χ3n) is 2.57. The van der Waals surface area contributed by atoms with Crippen LogP contribution in [0.5, 0.6) is 0 Å². The molecule has 0 aliphatic heterocycles. The van der Waals surface area contributed by atoms with Crippen molar-refractivity contribution < 1.29 is 4.79 Å². The third kappa shape index (κ3) is 1.58. The van der Waals surface area contributed by atoms with E-state index in [2.05, 4.69) is 5.32 Å². The Bertz CT molecular complexity index is 385. The van der Waals surface area contributed by atoms with Gasteiger partial charge in [0.15, 0.2) is 0 Å². The number of benzene rings is 1. The monoisotopic (exact) mass is 190 g/mol. The average molecular weight is 190 g/mol. The Labute approximate surface area is 83.3 Å². The molecular weight excluding hydrogens is 176 g/mol. The largest absolute Gasteiger partial charge is 0.397 e. The number of rotatable bonds is 1. The van der Waals surface area contributed by atoms with Gasteiger partial charge in [-0.2, -0.15) is 0 Å². The molecule has 1 aromatic rings. The van der Waals surface area contributed by atoms with E-state index in [4.69, 9.17) is 5.73 Å². The van der Waals surface area contributed by atoms with E-state index in [1.54, 1.807) is 0 Å². The summed E-state index contributed by atoms with van der Waals surface area (Å²) in [6.07, 6.45) is 3.40. The Balaban J connectivity index is 2.37. The Kier molecular flexibility index (Phi) is 2.15. The number of fused-ring (bicyclic) bond motifs is 1. The number of carbonyl (C=O) groups is 1. The highest BCUT2D eigenvalue weighted by atomic mass is 16.1. The molecule has 0 heterocycles. The van der Waals surface area contributed by atoms with Crippen LogP contribution in [0.1, 0.15) is 24.5 Å². The zero-order valence-electron chi connectivity index (χ0n) is 8.26. The van der Waals surface area contributed by atoms with E-state index in [1.165, 1.54) is 24.5 Å². The van der Waals surface area contributed by atoms with Gasteiger partial charge < -0.3 is 11.1 Å². The quantitative estimate of drug-likeness (QED) is 0.662. The highest BCUT2D eigenvalue weighted by Gasteiger charge is 2.13. The molecule has 74 valence electrons. The van der Waals surface area contributed by atoms with Gasteiger partial charge in [-0.15, -0.1) is 0 Å². The van der Waals surface area contributed by atoms with Crippen molar-refractivity contribution >= 4 is 17.3 Å². The second kappa shape index (κ2) is 3.33. The van der Waals surface area contributed by atoms with Crippen LogP contribution in [0.15, 0.2) is 12.1 Å². The molecule has 0 radical (unpaired) electrons. The van der Waals surface area contributed by atoms with Crippen LogP contribution in [-0.2, 0) is 17.6 Å². The lowest BCUT2D eigenvalue weighted by Gasteiger charge is -2.09. The first-order chi connectivity index (χ1) is 6.66. The summed E-state index contributed by atoms with van der Waals surface area (Å²) in [7, 11) is 0. The van der Waals surface area contributed by atoms with E-state index < -0.39 is 0 Å². The molecule has 1 aliphatic carbocycles. The molecule has 0 fully saturated rings. The summed E-state index contributed by atoms with van der Waals surface area (Å²) < 4.78 is 0. The van der Waals surface area contributed by atoms with Crippen molar-refractivity contribution in [1.29, 1.82) is 0 Å². The van der Waals surface area contributed by atoms with Crippen molar-refractivity contribution in [1.82, 2.24) is 0 Å². The average Bonchev–Trinajstić information content (AvgIpc) is 2.51. The number of nitrogen functional groups attached to an aromatic ring is 1. The van der Waals surface area contributed by atoms with Gasteiger partial charge in [-0.3, -0.25) is 4.79 Å². The number of aryl methyl sites for hydroxylation is 2. The molecule has 1 aromatic carbocycles. The molecule has 1 aliphatic rings. The third-order valence-corrected chi connectivity index (χ3v) is 2.57. The normalized spacial score (nSPS) is 13.8. The molecule has 0 atom stereocenters. The number of nitrogens with one attached hydrogen (secondary N) is 1. The van der Waals surface area contributed by atoms with Gasteiger partial charge in [0.2, 0.25) is 5.91 Å². The maximum Gasteiger partial charge on any atom is 0.221 e. The summed E-state index contributed by atoms with van der Waals surface area (Å²) in [5.74, 6) is -0.0744. The van der Waals surface area contributed by atoms with E-state index in [9.17, 15) is 4.79 Å². The van der Waals surface area contributed by atoms with Gasteiger partial charge in [-0.05, 0) is 42.5 Å². The van der Waals surface area contributed by atoms with Gasteiger partial charge in [0.1, 0.15) is 0 Å². The number of nitrogens with two attached hydrogens (primary N) is 1. The maximum absolute atomic E-state index is 10.9. The van der Waals surface area contributed by atoms with E-state index in [0.717, 1.165) is 18.5 Å². The fraction of sp³-hybridized carbons (Fsp3) is 0.364. The lowest BCUT2D eigenvalue weighted by molar-refractivity contribution is -0.114. The fourth-order valence-electron chi connectivity index (χ4n) is 1.94. The maximum atomic E-state index is 10.9. The minimum Gasteiger partial charge on any atom is -0.397 e. The van der Waals surface area contributed by atoms with Crippen LogP contribution in [0, 0.1) is 0 Å². The number of amides is 1. The summed E-state index contributed by atoms with van der Waals surface area (Å²) in [4.78, 5) is 10.9. The second-order valence-electron chi connectivity index (χ2n) is 3.74. The van der Waals surface area contributed by atoms with Crippen molar-refractivity contribution in [3.8, 4) is 0 Å². The zero-order chi connectivity index (χ0) is 10.1. The minimum atomic E-state index is -0.0744.